The molecule has 130 valence electrons. The minimum Gasteiger partial charge on any atom is -0.377 e. The maximum absolute atomic E-state index is 12.4. The van der Waals surface area contributed by atoms with Crippen LogP contribution in [0.3, 0.4) is 0 Å². The maximum atomic E-state index is 12.4. The van der Waals surface area contributed by atoms with E-state index >= 15 is 0 Å². The zero-order valence-corrected chi connectivity index (χ0v) is 15.1. The summed E-state index contributed by atoms with van der Waals surface area (Å²) in [5.74, 6) is 1.15. The van der Waals surface area contributed by atoms with Crippen LogP contribution in [0.5, 0.6) is 0 Å². The Kier molecular flexibility index (Phi) is 7.63. The van der Waals surface area contributed by atoms with Crippen molar-refractivity contribution in [2.75, 3.05) is 19.7 Å². The normalized spacial score (nSPS) is 32.4. The number of carbonyl (C=O) groups excluding carboxylic acids is 1. The van der Waals surface area contributed by atoms with E-state index in [1.54, 1.807) is 0 Å². The molecule has 0 aromatic rings. The first-order chi connectivity index (χ1) is 9.93. The number of ether oxygens (including phenoxy) is 1. The standard InChI is InChI=1S/C17H32N2O2.ClH/c1-17(2,3)15-13(7-5-9-21-15)11-19-16(20)14-8-4-6-12(14)10-18;/h12-15H,4-11,18H2,1-3H3,(H,19,20);1H/t12-,13?,14-,15?;/m1./s1. The van der Waals surface area contributed by atoms with E-state index in [9.17, 15) is 4.79 Å². The van der Waals surface area contributed by atoms with Crippen molar-refractivity contribution in [1.29, 1.82) is 0 Å². The lowest BCUT2D eigenvalue weighted by Crippen LogP contribution is -2.46. The molecule has 22 heavy (non-hydrogen) atoms. The second-order valence-corrected chi connectivity index (χ2v) is 7.84. The van der Waals surface area contributed by atoms with Crippen LogP contribution in [0.2, 0.25) is 0 Å². The lowest BCUT2D eigenvalue weighted by Gasteiger charge is -2.40. The van der Waals surface area contributed by atoms with Crippen LogP contribution in [0.25, 0.3) is 0 Å². The molecule has 2 aliphatic rings. The van der Waals surface area contributed by atoms with Crippen LogP contribution in [0.1, 0.15) is 52.9 Å². The van der Waals surface area contributed by atoms with Crippen LogP contribution < -0.4 is 11.1 Å². The monoisotopic (exact) mass is 332 g/mol. The minimum atomic E-state index is 0. The number of amides is 1. The van der Waals surface area contributed by atoms with Crippen LogP contribution in [0, 0.1) is 23.2 Å². The molecule has 1 heterocycles. The van der Waals surface area contributed by atoms with Gasteiger partial charge >= 0.3 is 0 Å². The number of carbonyl (C=O) groups is 1. The quantitative estimate of drug-likeness (QED) is 0.832. The fourth-order valence-electron chi connectivity index (χ4n) is 4.04. The second kappa shape index (κ2) is 8.51. The van der Waals surface area contributed by atoms with Crippen molar-refractivity contribution in [3.05, 3.63) is 0 Å². The molecule has 4 atom stereocenters. The van der Waals surface area contributed by atoms with E-state index in [0.717, 1.165) is 45.3 Å². The van der Waals surface area contributed by atoms with Crippen molar-refractivity contribution in [1.82, 2.24) is 5.32 Å². The first-order valence-corrected chi connectivity index (χ1v) is 8.53. The highest BCUT2D eigenvalue weighted by Gasteiger charge is 2.37. The van der Waals surface area contributed by atoms with E-state index in [-0.39, 0.29) is 35.8 Å². The largest absolute Gasteiger partial charge is 0.377 e. The summed E-state index contributed by atoms with van der Waals surface area (Å²) in [5.41, 5.74) is 5.91. The summed E-state index contributed by atoms with van der Waals surface area (Å²) in [4.78, 5) is 12.4. The predicted molar refractivity (Wildman–Crippen MR) is 92.1 cm³/mol. The number of halogens is 1. The summed E-state index contributed by atoms with van der Waals surface area (Å²) >= 11 is 0. The average molecular weight is 333 g/mol. The summed E-state index contributed by atoms with van der Waals surface area (Å²) in [7, 11) is 0. The molecule has 2 fully saturated rings. The molecule has 1 saturated carbocycles. The molecule has 2 rings (SSSR count). The molecule has 1 aliphatic carbocycles. The third kappa shape index (κ3) is 4.84. The highest BCUT2D eigenvalue weighted by atomic mass is 35.5. The van der Waals surface area contributed by atoms with Gasteiger partial charge in [-0.2, -0.15) is 0 Å². The highest BCUT2D eigenvalue weighted by molar-refractivity contribution is 5.85. The topological polar surface area (TPSA) is 64.3 Å². The summed E-state index contributed by atoms with van der Waals surface area (Å²) in [6.45, 7) is 8.89. The van der Waals surface area contributed by atoms with Crippen LogP contribution in [-0.4, -0.2) is 31.7 Å². The van der Waals surface area contributed by atoms with Crippen molar-refractivity contribution in [3.63, 3.8) is 0 Å². The van der Waals surface area contributed by atoms with Gasteiger partial charge in [0.1, 0.15) is 0 Å². The van der Waals surface area contributed by atoms with Gasteiger partial charge in [-0.3, -0.25) is 4.79 Å². The number of rotatable bonds is 4. The van der Waals surface area contributed by atoms with Gasteiger partial charge in [-0.05, 0) is 43.6 Å². The summed E-state index contributed by atoms with van der Waals surface area (Å²) in [5, 5.41) is 3.19. The van der Waals surface area contributed by atoms with Gasteiger partial charge in [-0.1, -0.05) is 27.2 Å². The molecule has 0 aromatic heterocycles. The Hall–Kier alpha value is -0.320. The zero-order chi connectivity index (χ0) is 15.5. The molecule has 3 N–H and O–H groups in total. The van der Waals surface area contributed by atoms with Gasteiger partial charge < -0.3 is 15.8 Å². The Morgan fingerprint density at radius 1 is 1.18 bits per heavy atom. The SMILES string of the molecule is CC(C)(C)C1OCCCC1CNC(=O)[C@@H]1CCC[C@@H]1CN.Cl. The lowest BCUT2D eigenvalue weighted by molar-refractivity contribution is -0.127. The number of nitrogens with one attached hydrogen (secondary N) is 1. The van der Waals surface area contributed by atoms with Crippen molar-refractivity contribution < 1.29 is 9.53 Å². The molecule has 0 bridgehead atoms. The molecule has 4 nitrogen and oxygen atoms in total. The Morgan fingerprint density at radius 3 is 2.50 bits per heavy atom. The maximum Gasteiger partial charge on any atom is 0.223 e. The van der Waals surface area contributed by atoms with Crippen LogP contribution in [-0.2, 0) is 9.53 Å². The van der Waals surface area contributed by atoms with E-state index in [0.29, 0.717) is 18.4 Å². The molecule has 1 aliphatic heterocycles. The number of hydrogen-bond acceptors (Lipinski definition) is 3. The van der Waals surface area contributed by atoms with E-state index in [1.165, 1.54) is 0 Å². The molecule has 2 unspecified atom stereocenters. The van der Waals surface area contributed by atoms with Gasteiger partial charge in [0.25, 0.3) is 0 Å². The molecule has 1 saturated heterocycles. The Morgan fingerprint density at radius 2 is 1.86 bits per heavy atom. The van der Waals surface area contributed by atoms with Crippen LogP contribution >= 0.6 is 12.4 Å². The Bertz CT molecular complexity index is 357. The summed E-state index contributed by atoms with van der Waals surface area (Å²) in [6, 6.07) is 0. The van der Waals surface area contributed by atoms with Crippen molar-refractivity contribution >= 4 is 18.3 Å². The highest BCUT2D eigenvalue weighted by Crippen LogP contribution is 2.34. The Labute approximate surface area is 141 Å². The van der Waals surface area contributed by atoms with Gasteiger partial charge in [0.2, 0.25) is 5.91 Å². The van der Waals surface area contributed by atoms with E-state index < -0.39 is 0 Å². The van der Waals surface area contributed by atoms with Gasteiger partial charge in [-0.15, -0.1) is 12.4 Å². The molecule has 5 heteroatoms. The molecule has 0 radical (unpaired) electrons. The van der Waals surface area contributed by atoms with Crippen molar-refractivity contribution in [2.24, 2.45) is 28.9 Å². The first kappa shape index (κ1) is 19.7. The third-order valence-electron chi connectivity index (χ3n) is 5.14. The third-order valence-corrected chi connectivity index (χ3v) is 5.14. The summed E-state index contributed by atoms with van der Waals surface area (Å²) < 4.78 is 5.98. The van der Waals surface area contributed by atoms with E-state index in [1.807, 2.05) is 0 Å². The lowest BCUT2D eigenvalue weighted by atomic mass is 9.78. The zero-order valence-electron chi connectivity index (χ0n) is 14.3. The van der Waals surface area contributed by atoms with Gasteiger partial charge in [0.15, 0.2) is 0 Å². The van der Waals surface area contributed by atoms with E-state index in [2.05, 4.69) is 26.1 Å². The predicted octanol–water partition coefficient (Wildman–Crippen LogP) is 2.74. The van der Waals surface area contributed by atoms with Crippen molar-refractivity contribution in [3.8, 4) is 0 Å². The smallest absolute Gasteiger partial charge is 0.223 e. The van der Waals surface area contributed by atoms with Gasteiger partial charge in [-0.25, -0.2) is 0 Å². The van der Waals surface area contributed by atoms with E-state index in [4.69, 9.17) is 10.5 Å². The first-order valence-electron chi connectivity index (χ1n) is 8.53. The molecule has 0 aromatic carbocycles. The van der Waals surface area contributed by atoms with Gasteiger partial charge in [0.05, 0.1) is 6.10 Å². The fraction of sp³-hybridized carbons (Fsp3) is 0.941. The van der Waals surface area contributed by atoms with Crippen molar-refractivity contribution in [2.45, 2.75) is 59.0 Å². The molecule has 1 amide bonds. The fourth-order valence-corrected chi connectivity index (χ4v) is 4.04. The molecular formula is C17H33ClN2O2. The number of hydrogen-bond donors (Lipinski definition) is 2. The Balaban J connectivity index is 0.00000242. The second-order valence-electron chi connectivity index (χ2n) is 7.84. The summed E-state index contributed by atoms with van der Waals surface area (Å²) in [6.07, 6.45) is 5.72. The van der Waals surface area contributed by atoms with Crippen LogP contribution in [0.4, 0.5) is 0 Å². The average Bonchev–Trinajstić information content (AvgIpc) is 2.92. The van der Waals surface area contributed by atoms with Gasteiger partial charge in [0, 0.05) is 25.0 Å². The minimum absolute atomic E-state index is 0. The molecular weight excluding hydrogens is 300 g/mol. The molecule has 0 spiro atoms. The van der Waals surface area contributed by atoms with Crippen LogP contribution in [0.15, 0.2) is 0 Å². The number of nitrogens with two attached hydrogens (primary N) is 1.